The average molecular weight is 853 g/mol. The number of carbonyl (C=O) groups excluding carboxylic acids is 3. The van der Waals surface area contributed by atoms with Crippen molar-refractivity contribution in [2.75, 3.05) is 13.2 Å². The molecule has 0 aromatic carbocycles. The van der Waals surface area contributed by atoms with Crippen LogP contribution in [0, 0.1) is 0 Å². The fourth-order valence-corrected chi connectivity index (χ4v) is 7.16. The highest BCUT2D eigenvalue weighted by molar-refractivity contribution is 5.71. The molecule has 61 heavy (non-hydrogen) atoms. The zero-order valence-electron chi connectivity index (χ0n) is 40.2. The van der Waals surface area contributed by atoms with Gasteiger partial charge < -0.3 is 14.2 Å². The van der Waals surface area contributed by atoms with E-state index in [-0.39, 0.29) is 37.5 Å². The van der Waals surface area contributed by atoms with E-state index >= 15 is 0 Å². The molecule has 1 atom stereocenters. The van der Waals surface area contributed by atoms with E-state index < -0.39 is 6.10 Å². The van der Waals surface area contributed by atoms with Crippen LogP contribution in [0.2, 0.25) is 0 Å². The van der Waals surface area contributed by atoms with Crippen LogP contribution in [0.1, 0.15) is 252 Å². The van der Waals surface area contributed by atoms with Crippen molar-refractivity contribution in [3.63, 3.8) is 0 Å². The summed E-state index contributed by atoms with van der Waals surface area (Å²) in [6, 6.07) is 0. The number of ether oxygens (including phenoxy) is 3. The number of allylic oxidation sites excluding steroid dienone is 10. The van der Waals surface area contributed by atoms with Gasteiger partial charge in [-0.1, -0.05) is 223 Å². The molecule has 0 amide bonds. The molecule has 352 valence electrons. The standard InChI is InChI=1S/C55H96O6/c1-4-7-10-13-16-19-22-24-25-26-27-28-29-31-33-36-39-42-45-48-54(57)60-51-52(50-59-53(56)47-44-41-38-35-32-21-18-15-12-9-6-3)61-55(58)49-46-43-40-37-34-30-23-20-17-14-11-8-5-2/h8,11,17,20,24-25,30,34,40,43,52H,4-7,9-10,12-16,18-19,21-23,26-29,31-33,35-39,41-42,44-51H2,1-3H3/b11-8-,20-17-,25-24-,34-30-,43-40-. The first-order chi connectivity index (χ1) is 30.0. The molecule has 0 saturated heterocycles. The summed E-state index contributed by atoms with van der Waals surface area (Å²) in [5, 5.41) is 0. The Morgan fingerprint density at radius 3 is 1.07 bits per heavy atom. The van der Waals surface area contributed by atoms with Crippen LogP contribution in [0.5, 0.6) is 0 Å². The minimum atomic E-state index is -0.809. The minimum Gasteiger partial charge on any atom is -0.462 e. The number of unbranched alkanes of at least 4 members (excludes halogenated alkanes) is 25. The van der Waals surface area contributed by atoms with Crippen molar-refractivity contribution >= 4 is 17.9 Å². The maximum absolute atomic E-state index is 12.7. The molecule has 0 radical (unpaired) electrons. The second kappa shape index (κ2) is 49.8. The third kappa shape index (κ3) is 48.0. The Kier molecular flexibility index (Phi) is 47.4. The topological polar surface area (TPSA) is 78.9 Å². The maximum Gasteiger partial charge on any atom is 0.306 e. The molecule has 0 saturated carbocycles. The third-order valence-electron chi connectivity index (χ3n) is 11.0. The Hall–Kier alpha value is -2.89. The van der Waals surface area contributed by atoms with Crippen LogP contribution in [-0.2, 0) is 28.6 Å². The highest BCUT2D eigenvalue weighted by Crippen LogP contribution is 2.15. The van der Waals surface area contributed by atoms with E-state index in [2.05, 4.69) is 69.4 Å². The van der Waals surface area contributed by atoms with Gasteiger partial charge in [-0.15, -0.1) is 0 Å². The Balaban J connectivity index is 4.38. The molecule has 0 rings (SSSR count). The van der Waals surface area contributed by atoms with Crippen molar-refractivity contribution in [1.82, 2.24) is 0 Å². The second-order valence-electron chi connectivity index (χ2n) is 17.1. The van der Waals surface area contributed by atoms with Crippen molar-refractivity contribution in [3.8, 4) is 0 Å². The lowest BCUT2D eigenvalue weighted by Crippen LogP contribution is -2.30. The van der Waals surface area contributed by atoms with Crippen molar-refractivity contribution in [3.05, 3.63) is 60.8 Å². The van der Waals surface area contributed by atoms with Crippen LogP contribution in [0.15, 0.2) is 60.8 Å². The summed E-state index contributed by atoms with van der Waals surface area (Å²) in [6.45, 7) is 6.45. The van der Waals surface area contributed by atoms with Crippen LogP contribution in [0.4, 0.5) is 0 Å². The minimum absolute atomic E-state index is 0.101. The number of rotatable bonds is 46. The molecule has 0 N–H and O–H groups in total. The predicted octanol–water partition coefficient (Wildman–Crippen LogP) is 16.9. The van der Waals surface area contributed by atoms with Crippen molar-refractivity contribution in [2.45, 2.75) is 258 Å². The molecule has 0 bridgehead atoms. The summed E-state index contributed by atoms with van der Waals surface area (Å²) in [5.41, 5.74) is 0. The number of esters is 3. The van der Waals surface area contributed by atoms with E-state index in [0.717, 1.165) is 64.2 Å². The van der Waals surface area contributed by atoms with Crippen LogP contribution in [0.25, 0.3) is 0 Å². The van der Waals surface area contributed by atoms with Crippen LogP contribution >= 0.6 is 0 Å². The molecule has 1 unspecified atom stereocenters. The van der Waals surface area contributed by atoms with Gasteiger partial charge in [0.15, 0.2) is 6.10 Å². The lowest BCUT2D eigenvalue weighted by atomic mass is 10.1. The molecule has 0 aromatic heterocycles. The fourth-order valence-electron chi connectivity index (χ4n) is 7.16. The van der Waals surface area contributed by atoms with Gasteiger partial charge in [-0.3, -0.25) is 14.4 Å². The molecule has 0 spiro atoms. The smallest absolute Gasteiger partial charge is 0.306 e. The van der Waals surface area contributed by atoms with E-state index in [9.17, 15) is 14.4 Å². The van der Waals surface area contributed by atoms with Gasteiger partial charge in [0, 0.05) is 19.3 Å². The zero-order valence-corrected chi connectivity index (χ0v) is 40.2. The SMILES string of the molecule is CC/C=C\C/C=C\C/C=C\C/C=C\CCC(=O)OC(COC(=O)CCCCCCCCCCC/C=C\CCCCCCCC)COC(=O)CCCCCCCCCCCCC. The Bertz CT molecular complexity index is 1120. The molecule has 6 nitrogen and oxygen atoms in total. The Morgan fingerprint density at radius 2 is 0.672 bits per heavy atom. The molecule has 6 heteroatoms. The third-order valence-corrected chi connectivity index (χ3v) is 11.0. The number of hydrogen-bond acceptors (Lipinski definition) is 6. The van der Waals surface area contributed by atoms with Crippen LogP contribution in [0.3, 0.4) is 0 Å². The molecule has 0 aromatic rings. The van der Waals surface area contributed by atoms with Gasteiger partial charge in [-0.05, 0) is 70.6 Å². The monoisotopic (exact) mass is 853 g/mol. The van der Waals surface area contributed by atoms with E-state index in [1.54, 1.807) is 0 Å². The highest BCUT2D eigenvalue weighted by Gasteiger charge is 2.19. The van der Waals surface area contributed by atoms with E-state index in [1.165, 1.54) is 141 Å². The lowest BCUT2D eigenvalue weighted by Gasteiger charge is -2.18. The molecule has 0 aliphatic carbocycles. The predicted molar refractivity (Wildman–Crippen MR) is 261 cm³/mol. The average Bonchev–Trinajstić information content (AvgIpc) is 3.26. The molecular weight excluding hydrogens is 757 g/mol. The Labute approximate surface area is 377 Å². The lowest BCUT2D eigenvalue weighted by molar-refractivity contribution is -0.166. The quantitative estimate of drug-likeness (QED) is 0.0263. The normalized spacial score (nSPS) is 12.5. The van der Waals surface area contributed by atoms with Gasteiger partial charge in [-0.2, -0.15) is 0 Å². The first-order valence-electron chi connectivity index (χ1n) is 25.8. The first-order valence-corrected chi connectivity index (χ1v) is 25.8. The van der Waals surface area contributed by atoms with Crippen molar-refractivity contribution in [1.29, 1.82) is 0 Å². The maximum atomic E-state index is 12.7. The van der Waals surface area contributed by atoms with Gasteiger partial charge in [0.25, 0.3) is 0 Å². The van der Waals surface area contributed by atoms with E-state index in [0.29, 0.717) is 19.3 Å². The zero-order chi connectivity index (χ0) is 44.4. The first kappa shape index (κ1) is 58.1. The number of hydrogen-bond donors (Lipinski definition) is 0. The molecule has 0 heterocycles. The van der Waals surface area contributed by atoms with Gasteiger partial charge in [0.05, 0.1) is 0 Å². The van der Waals surface area contributed by atoms with Crippen LogP contribution in [-0.4, -0.2) is 37.2 Å². The van der Waals surface area contributed by atoms with Crippen LogP contribution < -0.4 is 0 Å². The van der Waals surface area contributed by atoms with E-state index in [4.69, 9.17) is 14.2 Å². The fraction of sp³-hybridized carbons (Fsp3) is 0.764. The van der Waals surface area contributed by atoms with Gasteiger partial charge in [0.1, 0.15) is 13.2 Å². The molecular formula is C55H96O6. The largest absolute Gasteiger partial charge is 0.462 e. The molecule has 0 aliphatic rings. The summed E-state index contributed by atoms with van der Waals surface area (Å²) in [6.07, 6.45) is 60.8. The summed E-state index contributed by atoms with van der Waals surface area (Å²) in [7, 11) is 0. The van der Waals surface area contributed by atoms with Gasteiger partial charge >= 0.3 is 17.9 Å². The van der Waals surface area contributed by atoms with E-state index in [1.807, 2.05) is 12.2 Å². The number of carbonyl (C=O) groups is 3. The summed E-state index contributed by atoms with van der Waals surface area (Å²) < 4.78 is 16.7. The summed E-state index contributed by atoms with van der Waals surface area (Å²) >= 11 is 0. The second-order valence-corrected chi connectivity index (χ2v) is 17.1. The van der Waals surface area contributed by atoms with Crippen molar-refractivity contribution in [2.24, 2.45) is 0 Å². The van der Waals surface area contributed by atoms with Gasteiger partial charge in [-0.25, -0.2) is 0 Å². The Morgan fingerprint density at radius 1 is 0.344 bits per heavy atom. The summed E-state index contributed by atoms with van der Waals surface area (Å²) in [5.74, 6) is -0.982. The molecule has 0 aliphatic heterocycles. The summed E-state index contributed by atoms with van der Waals surface area (Å²) in [4.78, 5) is 37.9. The van der Waals surface area contributed by atoms with Gasteiger partial charge in [0.2, 0.25) is 0 Å². The highest BCUT2D eigenvalue weighted by atomic mass is 16.6. The van der Waals surface area contributed by atoms with Crippen molar-refractivity contribution < 1.29 is 28.6 Å². The molecule has 0 fully saturated rings.